The third kappa shape index (κ3) is 11.3. The van der Waals surface area contributed by atoms with Crippen LogP contribution in [0, 0.1) is 17.8 Å². The van der Waals surface area contributed by atoms with E-state index in [-0.39, 0.29) is 36.3 Å². The summed E-state index contributed by atoms with van der Waals surface area (Å²) in [6.45, 7) is 4.18. The smallest absolute Gasteiger partial charge is 0.281 e. The van der Waals surface area contributed by atoms with Crippen molar-refractivity contribution in [1.29, 1.82) is 0 Å². The van der Waals surface area contributed by atoms with Crippen LogP contribution in [0.2, 0.25) is 0 Å². The summed E-state index contributed by atoms with van der Waals surface area (Å²) in [4.78, 5) is 50.8. The minimum atomic E-state index is -4.01. The zero-order valence-electron chi connectivity index (χ0n) is 25.7. The Labute approximate surface area is 268 Å². The number of carbonyl (C=O) groups excluding carboxylic acids is 3. The summed E-state index contributed by atoms with van der Waals surface area (Å²) in [5.74, 6) is -1.12. The van der Waals surface area contributed by atoms with Crippen molar-refractivity contribution in [3.05, 3.63) is 36.0 Å². The first-order valence-electron chi connectivity index (χ1n) is 15.2. The van der Waals surface area contributed by atoms with Crippen molar-refractivity contribution in [3.8, 4) is 0 Å². The van der Waals surface area contributed by atoms with E-state index >= 15 is 0 Å². The number of hydrogen-bond acceptors (Lipinski definition) is 10. The second-order valence-electron chi connectivity index (χ2n) is 11.4. The van der Waals surface area contributed by atoms with Gasteiger partial charge in [-0.15, -0.1) is 11.3 Å². The van der Waals surface area contributed by atoms with E-state index in [0.29, 0.717) is 41.8 Å². The second-order valence-corrected chi connectivity index (χ2v) is 13.9. The molecule has 0 radical (unpaired) electrons. The summed E-state index contributed by atoms with van der Waals surface area (Å²) in [6.07, 6.45) is 9.16. The van der Waals surface area contributed by atoms with Gasteiger partial charge in [-0.3, -0.25) is 24.6 Å². The van der Waals surface area contributed by atoms with Crippen LogP contribution in [0.25, 0.3) is 0 Å². The first-order chi connectivity index (χ1) is 21.5. The lowest BCUT2D eigenvalue weighted by Gasteiger charge is -2.35. The van der Waals surface area contributed by atoms with Gasteiger partial charge < -0.3 is 16.4 Å². The standard InChI is InChI=1S/C29H44N8O6S2/c1-3-7-24(37(41)19-38)22(18-21-12-10-20(2)11-13-21)26(39)34-23(27(40)35-29-33-16-17-44-29)8-6-15-32-28(30)36-45(42,43)25-9-4-5-14-31-25/h4-5,9,14,16-17,19-24,41H,3,6-8,10-13,15,18H2,1-2H3,(H,34,39)(H3,30,32,36)(H,33,35,40)/t20?,21?,22-,23+,24+/m1/s1. The molecule has 2 heterocycles. The summed E-state index contributed by atoms with van der Waals surface area (Å²) < 4.78 is 27.1. The van der Waals surface area contributed by atoms with Crippen LogP contribution >= 0.6 is 11.3 Å². The lowest BCUT2D eigenvalue weighted by atomic mass is 9.76. The Kier molecular flexibility index (Phi) is 14.1. The molecule has 6 N–H and O–H groups in total. The Bertz CT molecular complexity index is 1350. The maximum atomic E-state index is 13.9. The van der Waals surface area contributed by atoms with Crippen molar-refractivity contribution in [2.24, 2.45) is 28.5 Å². The quantitative estimate of drug-likeness (QED) is 0.0420. The van der Waals surface area contributed by atoms with E-state index in [0.717, 1.165) is 25.7 Å². The molecule has 3 amide bonds. The molecule has 14 nitrogen and oxygen atoms in total. The van der Waals surface area contributed by atoms with Gasteiger partial charge in [-0.05, 0) is 49.7 Å². The second kappa shape index (κ2) is 17.8. The van der Waals surface area contributed by atoms with E-state index in [4.69, 9.17) is 5.73 Å². The van der Waals surface area contributed by atoms with Crippen LogP contribution in [0.15, 0.2) is 46.0 Å². The molecule has 16 heteroatoms. The highest BCUT2D eigenvalue weighted by atomic mass is 32.2. The number of sulfonamides is 1. The lowest BCUT2D eigenvalue weighted by Crippen LogP contribution is -2.51. The summed E-state index contributed by atoms with van der Waals surface area (Å²) in [6, 6.07) is 2.69. The average molecular weight is 665 g/mol. The monoisotopic (exact) mass is 664 g/mol. The van der Waals surface area contributed by atoms with Crippen LogP contribution in [-0.2, 0) is 24.4 Å². The molecule has 0 aliphatic heterocycles. The molecule has 3 rings (SSSR count). The summed E-state index contributed by atoms with van der Waals surface area (Å²) >= 11 is 1.23. The van der Waals surface area contributed by atoms with Crippen LogP contribution in [0.1, 0.15) is 71.6 Å². The molecule has 0 aromatic carbocycles. The Morgan fingerprint density at radius 2 is 1.93 bits per heavy atom. The summed E-state index contributed by atoms with van der Waals surface area (Å²) in [5.41, 5.74) is 5.80. The van der Waals surface area contributed by atoms with Crippen molar-refractivity contribution in [2.45, 2.75) is 88.7 Å². The molecule has 0 unspecified atom stereocenters. The molecule has 0 saturated heterocycles. The largest absolute Gasteiger partial charge is 0.369 e. The number of thiazole rings is 1. The van der Waals surface area contributed by atoms with Gasteiger partial charge in [0.05, 0.1) is 12.0 Å². The van der Waals surface area contributed by atoms with E-state index < -0.39 is 39.8 Å². The van der Waals surface area contributed by atoms with Crippen molar-refractivity contribution < 1.29 is 28.0 Å². The zero-order valence-corrected chi connectivity index (χ0v) is 27.3. The molecule has 1 saturated carbocycles. The van der Waals surface area contributed by atoms with Crippen molar-refractivity contribution in [2.75, 3.05) is 11.9 Å². The molecule has 2 aromatic heterocycles. The van der Waals surface area contributed by atoms with Crippen LogP contribution in [-0.4, -0.2) is 71.5 Å². The number of hydrogen-bond donors (Lipinski definition) is 5. The Balaban J connectivity index is 1.73. The minimum Gasteiger partial charge on any atom is -0.369 e. The van der Waals surface area contributed by atoms with Crippen molar-refractivity contribution in [3.63, 3.8) is 0 Å². The predicted octanol–water partition coefficient (Wildman–Crippen LogP) is 2.88. The van der Waals surface area contributed by atoms with E-state index in [1.54, 1.807) is 17.6 Å². The van der Waals surface area contributed by atoms with Crippen molar-refractivity contribution in [1.82, 2.24) is 25.1 Å². The van der Waals surface area contributed by atoms with E-state index in [2.05, 4.69) is 37.2 Å². The molecule has 3 atom stereocenters. The first kappa shape index (κ1) is 35.8. The number of anilines is 1. The molecule has 1 fully saturated rings. The third-order valence-corrected chi connectivity index (χ3v) is 9.90. The molecular formula is C29H44N8O6S2. The maximum absolute atomic E-state index is 13.9. The van der Waals surface area contributed by atoms with Crippen LogP contribution < -0.4 is 21.1 Å². The topological polar surface area (TPSA) is 209 Å². The number of hydroxylamine groups is 2. The highest BCUT2D eigenvalue weighted by Crippen LogP contribution is 2.34. The van der Waals surface area contributed by atoms with E-state index in [9.17, 15) is 28.0 Å². The fraction of sp³-hybridized carbons (Fsp3) is 0.586. The molecule has 0 bridgehead atoms. The molecule has 45 heavy (non-hydrogen) atoms. The van der Waals surface area contributed by atoms with Gasteiger partial charge in [0.1, 0.15) is 6.04 Å². The molecule has 1 aliphatic carbocycles. The Morgan fingerprint density at radius 3 is 2.56 bits per heavy atom. The number of aromatic nitrogens is 2. The highest BCUT2D eigenvalue weighted by molar-refractivity contribution is 7.90. The minimum absolute atomic E-state index is 0.0607. The number of rotatable bonds is 17. The molecule has 248 valence electrons. The lowest BCUT2D eigenvalue weighted by molar-refractivity contribution is -0.170. The summed E-state index contributed by atoms with van der Waals surface area (Å²) in [5, 5.41) is 18.5. The molecule has 2 aromatic rings. The molecular weight excluding hydrogens is 621 g/mol. The van der Waals surface area contributed by atoms with Gasteiger partial charge in [0.25, 0.3) is 10.0 Å². The fourth-order valence-electron chi connectivity index (χ4n) is 5.50. The fourth-order valence-corrected chi connectivity index (χ4v) is 6.94. The van der Waals surface area contributed by atoms with Gasteiger partial charge in [-0.25, -0.2) is 19.8 Å². The third-order valence-electron chi connectivity index (χ3n) is 7.94. The Hall–Kier alpha value is -3.63. The predicted molar refractivity (Wildman–Crippen MR) is 171 cm³/mol. The normalized spacial score (nSPS) is 19.1. The zero-order chi connectivity index (χ0) is 32.8. The van der Waals surface area contributed by atoms with Gasteiger partial charge >= 0.3 is 0 Å². The van der Waals surface area contributed by atoms with E-state index in [1.807, 2.05) is 6.92 Å². The van der Waals surface area contributed by atoms with Gasteiger partial charge in [0.15, 0.2) is 10.2 Å². The number of nitrogens with two attached hydrogens (primary N) is 1. The highest BCUT2D eigenvalue weighted by Gasteiger charge is 2.36. The number of nitrogens with zero attached hydrogens (tertiary/aromatic N) is 4. The van der Waals surface area contributed by atoms with Gasteiger partial charge in [0.2, 0.25) is 24.2 Å². The average Bonchev–Trinajstić information content (AvgIpc) is 3.54. The number of guanidine groups is 1. The maximum Gasteiger partial charge on any atom is 0.281 e. The SMILES string of the molecule is CCC[C@@H]([C@@H](CC1CCC(C)CC1)C(=O)N[C@@H](CCCN=C(N)NS(=O)(=O)c1ccccn1)C(=O)Nc1nccs1)N(O)C=O. The molecule has 0 spiro atoms. The van der Waals surface area contributed by atoms with Gasteiger partial charge in [-0.1, -0.05) is 52.0 Å². The Morgan fingerprint density at radius 1 is 1.18 bits per heavy atom. The first-order valence-corrected chi connectivity index (χ1v) is 17.6. The van der Waals surface area contributed by atoms with Crippen LogP contribution in [0.5, 0.6) is 0 Å². The number of pyridine rings is 1. The van der Waals surface area contributed by atoms with Crippen LogP contribution in [0.4, 0.5) is 5.13 Å². The molecule has 1 aliphatic rings. The number of amides is 3. The van der Waals surface area contributed by atoms with Gasteiger partial charge in [-0.2, -0.15) is 8.42 Å². The van der Waals surface area contributed by atoms with Crippen LogP contribution in [0.3, 0.4) is 0 Å². The van der Waals surface area contributed by atoms with Crippen molar-refractivity contribution >= 4 is 50.7 Å². The number of carbonyl (C=O) groups is 3. The van der Waals surface area contributed by atoms with E-state index in [1.165, 1.54) is 29.7 Å². The number of aliphatic imine (C=N–C) groups is 1. The summed E-state index contributed by atoms with van der Waals surface area (Å²) in [7, 11) is -4.01. The number of nitrogens with one attached hydrogen (secondary N) is 3. The van der Waals surface area contributed by atoms with Gasteiger partial charge in [0, 0.05) is 24.3 Å².